The molecule has 0 bridgehead atoms. The van der Waals surface area contributed by atoms with E-state index < -0.39 is 0 Å². The minimum Gasteiger partial charge on any atom is -0.379 e. The van der Waals surface area contributed by atoms with E-state index in [1.807, 2.05) is 0 Å². The summed E-state index contributed by atoms with van der Waals surface area (Å²) in [7, 11) is 0. The highest BCUT2D eigenvalue weighted by atomic mass is 16.5. The molecule has 0 aromatic carbocycles. The van der Waals surface area contributed by atoms with Crippen LogP contribution in [0.25, 0.3) is 0 Å². The van der Waals surface area contributed by atoms with Crippen molar-refractivity contribution in [3.8, 4) is 0 Å². The van der Waals surface area contributed by atoms with Crippen molar-refractivity contribution in [1.29, 1.82) is 0 Å². The number of hydrogen-bond acceptors (Lipinski definition) is 2. The van der Waals surface area contributed by atoms with Gasteiger partial charge in [-0.25, -0.2) is 0 Å². The highest BCUT2D eigenvalue weighted by Gasteiger charge is 2.06. The first-order valence-electron chi connectivity index (χ1n) is 18.6. The SMILES string of the molecule is CCCCC/C=C\C/C=C\CCCCCCCCOCC(CC)OCCCCCCCC/C=C\C/C=C\CCCCC. The van der Waals surface area contributed by atoms with Crippen LogP contribution in [0.5, 0.6) is 0 Å². The normalized spacial score (nSPS) is 13.1. The summed E-state index contributed by atoms with van der Waals surface area (Å²) in [5.74, 6) is 0. The molecule has 0 N–H and O–H groups in total. The van der Waals surface area contributed by atoms with Gasteiger partial charge in [-0.05, 0) is 83.5 Å². The Morgan fingerprint density at radius 3 is 1.21 bits per heavy atom. The van der Waals surface area contributed by atoms with Crippen LogP contribution in [-0.2, 0) is 9.47 Å². The van der Waals surface area contributed by atoms with E-state index >= 15 is 0 Å². The Hall–Kier alpha value is -1.12. The molecule has 1 unspecified atom stereocenters. The van der Waals surface area contributed by atoms with Crippen molar-refractivity contribution < 1.29 is 9.47 Å². The number of rotatable bonds is 34. The number of ether oxygens (including phenoxy) is 2. The maximum Gasteiger partial charge on any atom is 0.0805 e. The van der Waals surface area contributed by atoms with Gasteiger partial charge in [0.25, 0.3) is 0 Å². The van der Waals surface area contributed by atoms with Crippen LogP contribution in [0.2, 0.25) is 0 Å². The Kier molecular flexibility index (Phi) is 36.9. The molecule has 0 aliphatic rings. The zero-order valence-corrected chi connectivity index (χ0v) is 28.8. The number of hydrogen-bond donors (Lipinski definition) is 0. The maximum atomic E-state index is 6.09. The third-order valence-electron chi connectivity index (χ3n) is 7.95. The predicted octanol–water partition coefficient (Wildman–Crippen LogP) is 13.4. The van der Waals surface area contributed by atoms with Crippen LogP contribution in [0, 0.1) is 0 Å². The van der Waals surface area contributed by atoms with Crippen LogP contribution < -0.4 is 0 Å². The van der Waals surface area contributed by atoms with Crippen molar-refractivity contribution in [2.75, 3.05) is 19.8 Å². The number of unbranched alkanes of at least 4 members (excludes halogenated alkanes) is 18. The average Bonchev–Trinajstić information content (AvgIpc) is 3.00. The second-order valence-corrected chi connectivity index (χ2v) is 12.1. The first kappa shape index (κ1) is 40.9. The molecule has 2 heteroatoms. The van der Waals surface area contributed by atoms with Gasteiger partial charge >= 0.3 is 0 Å². The lowest BCUT2D eigenvalue weighted by Crippen LogP contribution is -2.20. The quantitative estimate of drug-likeness (QED) is 0.0551. The van der Waals surface area contributed by atoms with Crippen molar-refractivity contribution in [3.63, 3.8) is 0 Å². The summed E-state index contributed by atoms with van der Waals surface area (Å²) in [6.07, 6.45) is 51.0. The number of allylic oxidation sites excluding steroid dienone is 8. The summed E-state index contributed by atoms with van der Waals surface area (Å²) >= 11 is 0. The molecule has 0 saturated carbocycles. The monoisotopic (exact) mass is 587 g/mol. The van der Waals surface area contributed by atoms with E-state index in [9.17, 15) is 0 Å². The lowest BCUT2D eigenvalue weighted by Gasteiger charge is -2.16. The van der Waals surface area contributed by atoms with E-state index in [-0.39, 0.29) is 6.10 Å². The first-order valence-corrected chi connectivity index (χ1v) is 18.6. The van der Waals surface area contributed by atoms with Crippen molar-refractivity contribution in [2.24, 2.45) is 0 Å². The van der Waals surface area contributed by atoms with Gasteiger partial charge in [0, 0.05) is 13.2 Å². The fourth-order valence-electron chi connectivity index (χ4n) is 5.03. The molecule has 0 aromatic heterocycles. The Morgan fingerprint density at radius 2 is 0.786 bits per heavy atom. The van der Waals surface area contributed by atoms with E-state index in [4.69, 9.17) is 9.47 Å². The molecular formula is C40H74O2. The summed E-state index contributed by atoms with van der Waals surface area (Å²) in [6.45, 7) is 9.29. The second-order valence-electron chi connectivity index (χ2n) is 12.1. The van der Waals surface area contributed by atoms with Crippen molar-refractivity contribution in [1.82, 2.24) is 0 Å². The zero-order valence-electron chi connectivity index (χ0n) is 28.8. The van der Waals surface area contributed by atoms with Crippen LogP contribution in [0.3, 0.4) is 0 Å². The predicted molar refractivity (Wildman–Crippen MR) is 190 cm³/mol. The minimum atomic E-state index is 0.271. The Labute approximate surface area is 264 Å². The van der Waals surface area contributed by atoms with Gasteiger partial charge in [-0.2, -0.15) is 0 Å². The summed E-state index contributed by atoms with van der Waals surface area (Å²) in [5.41, 5.74) is 0. The molecule has 0 aliphatic heterocycles. The molecule has 1 atom stereocenters. The van der Waals surface area contributed by atoms with Crippen LogP contribution in [0.4, 0.5) is 0 Å². The van der Waals surface area contributed by atoms with Gasteiger partial charge in [0.05, 0.1) is 12.7 Å². The van der Waals surface area contributed by atoms with Crippen LogP contribution in [0.1, 0.15) is 181 Å². The van der Waals surface area contributed by atoms with E-state index in [2.05, 4.69) is 69.4 Å². The summed E-state index contributed by atoms with van der Waals surface area (Å²) in [4.78, 5) is 0. The molecule has 0 rings (SSSR count). The van der Waals surface area contributed by atoms with E-state index in [1.165, 1.54) is 141 Å². The third-order valence-corrected chi connectivity index (χ3v) is 7.95. The average molecular weight is 587 g/mol. The first-order chi connectivity index (χ1) is 20.8. The molecule has 0 fully saturated rings. The highest BCUT2D eigenvalue weighted by Crippen LogP contribution is 2.11. The Bertz CT molecular complexity index is 603. The molecule has 0 spiro atoms. The molecule has 0 aliphatic carbocycles. The van der Waals surface area contributed by atoms with Gasteiger partial charge in [-0.15, -0.1) is 0 Å². The summed E-state index contributed by atoms with van der Waals surface area (Å²) in [5, 5.41) is 0. The van der Waals surface area contributed by atoms with Gasteiger partial charge in [0.1, 0.15) is 0 Å². The zero-order chi connectivity index (χ0) is 30.4. The van der Waals surface area contributed by atoms with E-state index in [0.29, 0.717) is 0 Å². The van der Waals surface area contributed by atoms with Crippen LogP contribution in [0.15, 0.2) is 48.6 Å². The van der Waals surface area contributed by atoms with Crippen molar-refractivity contribution in [2.45, 2.75) is 187 Å². The van der Waals surface area contributed by atoms with Crippen molar-refractivity contribution in [3.05, 3.63) is 48.6 Å². The minimum absolute atomic E-state index is 0.271. The molecule has 0 heterocycles. The van der Waals surface area contributed by atoms with Gasteiger partial charge in [-0.1, -0.05) is 146 Å². The lowest BCUT2D eigenvalue weighted by atomic mass is 10.1. The Balaban J connectivity index is 3.38. The largest absolute Gasteiger partial charge is 0.379 e. The molecule has 246 valence electrons. The smallest absolute Gasteiger partial charge is 0.0805 e. The topological polar surface area (TPSA) is 18.5 Å². The third kappa shape index (κ3) is 35.1. The van der Waals surface area contributed by atoms with Crippen LogP contribution in [-0.4, -0.2) is 25.9 Å². The van der Waals surface area contributed by atoms with Crippen LogP contribution >= 0.6 is 0 Å². The molecule has 2 nitrogen and oxygen atoms in total. The van der Waals surface area contributed by atoms with Gasteiger partial charge < -0.3 is 9.47 Å². The van der Waals surface area contributed by atoms with E-state index in [0.717, 1.165) is 39.1 Å². The molecule has 0 saturated heterocycles. The summed E-state index contributed by atoms with van der Waals surface area (Å²) in [6, 6.07) is 0. The molecular weight excluding hydrogens is 512 g/mol. The molecule has 42 heavy (non-hydrogen) atoms. The van der Waals surface area contributed by atoms with E-state index in [1.54, 1.807) is 0 Å². The fraction of sp³-hybridized carbons (Fsp3) is 0.800. The van der Waals surface area contributed by atoms with Gasteiger partial charge in [0.2, 0.25) is 0 Å². The second kappa shape index (κ2) is 37.9. The maximum absolute atomic E-state index is 6.09. The molecule has 0 amide bonds. The van der Waals surface area contributed by atoms with Gasteiger partial charge in [-0.3, -0.25) is 0 Å². The van der Waals surface area contributed by atoms with Crippen molar-refractivity contribution >= 4 is 0 Å². The summed E-state index contributed by atoms with van der Waals surface area (Å²) < 4.78 is 12.0. The molecule has 0 aromatic rings. The van der Waals surface area contributed by atoms with Gasteiger partial charge in [0.15, 0.2) is 0 Å². The fourth-order valence-corrected chi connectivity index (χ4v) is 5.03. The molecule has 0 radical (unpaired) electrons. The Morgan fingerprint density at radius 1 is 0.405 bits per heavy atom. The lowest BCUT2D eigenvalue weighted by molar-refractivity contribution is -0.0200. The standard InChI is InChI=1S/C40H74O2/c1-4-7-9-11-13-15-17-19-21-23-25-27-29-31-33-35-37-41-39-40(6-3)42-38-36-34-32-30-28-26-24-22-20-18-16-14-12-10-8-5-2/h13-16,19-22,40H,4-12,17-18,23-39H2,1-3H3/b15-13-,16-14-,21-19-,22-20-. The highest BCUT2D eigenvalue weighted by molar-refractivity contribution is 4.93.